The minimum absolute atomic E-state index is 0.0396. The molecule has 0 aliphatic carbocycles. The summed E-state index contributed by atoms with van der Waals surface area (Å²) in [7, 11) is 0. The lowest BCUT2D eigenvalue weighted by Crippen LogP contribution is -2.38. The van der Waals surface area contributed by atoms with E-state index in [4.69, 9.17) is 10.2 Å². The molecule has 0 aromatic carbocycles. The van der Waals surface area contributed by atoms with Gasteiger partial charge >= 0.3 is 5.97 Å². The largest absolute Gasteiger partial charge is 0.481 e. The molecule has 1 atom stereocenters. The molecule has 1 amide bonds. The molecule has 0 heterocycles. The van der Waals surface area contributed by atoms with Gasteiger partial charge in [0, 0.05) is 13.0 Å². The first kappa shape index (κ1) is 14.9. The zero-order valence-electron chi connectivity index (χ0n) is 10.1. The van der Waals surface area contributed by atoms with Crippen molar-refractivity contribution in [2.45, 2.75) is 46.1 Å². The fourth-order valence-electron chi connectivity index (χ4n) is 1.51. The van der Waals surface area contributed by atoms with Crippen molar-refractivity contribution >= 4 is 11.9 Å². The summed E-state index contributed by atoms with van der Waals surface area (Å²) in [6, 6.07) is 0. The molecule has 3 N–H and O–H groups in total. The number of aliphatic carboxylic acids is 1. The summed E-state index contributed by atoms with van der Waals surface area (Å²) in [4.78, 5) is 22.6. The van der Waals surface area contributed by atoms with E-state index in [1.807, 2.05) is 0 Å². The molecular weight excluding hydrogens is 210 g/mol. The van der Waals surface area contributed by atoms with Gasteiger partial charge in [-0.2, -0.15) is 0 Å². The Hall–Kier alpha value is -1.10. The van der Waals surface area contributed by atoms with E-state index in [-0.39, 0.29) is 18.9 Å². The van der Waals surface area contributed by atoms with Crippen molar-refractivity contribution in [3.05, 3.63) is 0 Å². The summed E-state index contributed by atoms with van der Waals surface area (Å²) in [5.41, 5.74) is -0.983. The van der Waals surface area contributed by atoms with Gasteiger partial charge in [-0.1, -0.05) is 13.8 Å². The predicted octanol–water partition coefficient (Wildman–Crippen LogP) is 0.764. The quantitative estimate of drug-likeness (QED) is 0.604. The minimum atomic E-state index is -0.983. The molecule has 0 spiro atoms. The number of amides is 1. The van der Waals surface area contributed by atoms with E-state index in [9.17, 15) is 9.59 Å². The van der Waals surface area contributed by atoms with E-state index in [0.29, 0.717) is 12.8 Å². The number of carboxylic acids is 1. The van der Waals surface area contributed by atoms with Crippen molar-refractivity contribution in [2.24, 2.45) is 5.41 Å². The number of carbonyl (C=O) groups excluding carboxylic acids is 1. The van der Waals surface area contributed by atoms with Crippen molar-refractivity contribution in [1.29, 1.82) is 0 Å². The topological polar surface area (TPSA) is 86.6 Å². The first-order chi connectivity index (χ1) is 7.38. The highest BCUT2D eigenvalue weighted by Gasteiger charge is 2.36. The molecular formula is C11H21NO4. The minimum Gasteiger partial charge on any atom is -0.481 e. The molecule has 0 radical (unpaired) electrons. The Bertz CT molecular complexity index is 246. The second kappa shape index (κ2) is 6.48. The predicted molar refractivity (Wildman–Crippen MR) is 60.0 cm³/mol. The Balaban J connectivity index is 4.41. The highest BCUT2D eigenvalue weighted by atomic mass is 16.4. The van der Waals surface area contributed by atoms with Gasteiger partial charge in [-0.15, -0.1) is 0 Å². The van der Waals surface area contributed by atoms with Crippen LogP contribution in [-0.2, 0) is 9.59 Å². The maximum Gasteiger partial charge on any atom is 0.310 e. The Labute approximate surface area is 95.9 Å². The third kappa shape index (κ3) is 4.18. The average molecular weight is 231 g/mol. The molecule has 0 aromatic heterocycles. The van der Waals surface area contributed by atoms with Crippen LogP contribution in [0.3, 0.4) is 0 Å². The van der Waals surface area contributed by atoms with E-state index in [2.05, 4.69) is 5.32 Å². The summed E-state index contributed by atoms with van der Waals surface area (Å²) in [5, 5.41) is 20.6. The molecule has 0 rings (SSSR count). The molecule has 0 unspecified atom stereocenters. The highest BCUT2D eigenvalue weighted by Crippen LogP contribution is 2.30. The standard InChI is InChI=1S/C11H21NO4/c1-4-11(5-2,10(15)16)6-9(14)12-7-8(3)13/h8,13H,4-7H2,1-3H3,(H,12,14)(H,15,16)/t8-/m1/s1. The number of aliphatic hydroxyl groups is 1. The maximum atomic E-state index is 11.5. The number of nitrogens with one attached hydrogen (secondary N) is 1. The third-order valence-corrected chi connectivity index (χ3v) is 2.90. The Kier molecular flexibility index (Phi) is 6.03. The summed E-state index contributed by atoms with van der Waals surface area (Å²) < 4.78 is 0. The monoisotopic (exact) mass is 231 g/mol. The van der Waals surface area contributed by atoms with Gasteiger partial charge in [0.2, 0.25) is 5.91 Å². The highest BCUT2D eigenvalue weighted by molar-refractivity contribution is 5.84. The average Bonchev–Trinajstić information content (AvgIpc) is 2.22. The van der Waals surface area contributed by atoms with Crippen LogP contribution in [0.25, 0.3) is 0 Å². The normalized spacial score (nSPS) is 13.2. The van der Waals surface area contributed by atoms with E-state index < -0.39 is 17.5 Å². The summed E-state index contributed by atoms with van der Waals surface area (Å²) >= 11 is 0. The number of aliphatic hydroxyl groups excluding tert-OH is 1. The van der Waals surface area contributed by atoms with Crippen LogP contribution < -0.4 is 5.32 Å². The van der Waals surface area contributed by atoms with Crippen LogP contribution in [0.4, 0.5) is 0 Å². The molecule has 0 aliphatic heterocycles. The molecule has 16 heavy (non-hydrogen) atoms. The van der Waals surface area contributed by atoms with Crippen LogP contribution in [-0.4, -0.2) is 34.7 Å². The summed E-state index contributed by atoms with van der Waals surface area (Å²) in [6.07, 6.45) is 0.177. The zero-order valence-corrected chi connectivity index (χ0v) is 10.1. The first-order valence-electron chi connectivity index (χ1n) is 5.56. The first-order valence-corrected chi connectivity index (χ1v) is 5.56. The molecule has 0 saturated heterocycles. The van der Waals surface area contributed by atoms with Crippen LogP contribution in [0, 0.1) is 5.41 Å². The number of hydrogen-bond acceptors (Lipinski definition) is 3. The Morgan fingerprint density at radius 2 is 1.81 bits per heavy atom. The second-order valence-corrected chi connectivity index (χ2v) is 4.12. The van der Waals surface area contributed by atoms with Gasteiger partial charge < -0.3 is 15.5 Å². The zero-order chi connectivity index (χ0) is 12.8. The van der Waals surface area contributed by atoms with Gasteiger partial charge in [0.05, 0.1) is 11.5 Å². The summed E-state index contributed by atoms with van der Waals surface area (Å²) in [5.74, 6) is -1.27. The third-order valence-electron chi connectivity index (χ3n) is 2.90. The van der Waals surface area contributed by atoms with Gasteiger partial charge in [-0.3, -0.25) is 9.59 Å². The van der Waals surface area contributed by atoms with Crippen molar-refractivity contribution in [3.8, 4) is 0 Å². The number of hydrogen-bond donors (Lipinski definition) is 3. The lowest BCUT2D eigenvalue weighted by molar-refractivity contribution is -0.152. The van der Waals surface area contributed by atoms with E-state index in [1.165, 1.54) is 0 Å². The second-order valence-electron chi connectivity index (χ2n) is 4.12. The van der Waals surface area contributed by atoms with Crippen LogP contribution in [0.5, 0.6) is 0 Å². The SMILES string of the molecule is CCC(CC)(CC(=O)NC[C@@H](C)O)C(=O)O. The molecule has 5 heteroatoms. The van der Waals surface area contributed by atoms with Gasteiger partial charge in [0.1, 0.15) is 0 Å². The fourth-order valence-corrected chi connectivity index (χ4v) is 1.51. The van der Waals surface area contributed by atoms with Crippen molar-refractivity contribution in [3.63, 3.8) is 0 Å². The lowest BCUT2D eigenvalue weighted by Gasteiger charge is -2.25. The van der Waals surface area contributed by atoms with Gasteiger partial charge in [0.25, 0.3) is 0 Å². The van der Waals surface area contributed by atoms with E-state index >= 15 is 0 Å². The molecule has 0 aliphatic rings. The smallest absolute Gasteiger partial charge is 0.310 e. The molecule has 0 bridgehead atoms. The van der Waals surface area contributed by atoms with Crippen molar-refractivity contribution in [2.75, 3.05) is 6.54 Å². The Morgan fingerprint density at radius 1 is 1.31 bits per heavy atom. The van der Waals surface area contributed by atoms with Crippen molar-refractivity contribution in [1.82, 2.24) is 5.32 Å². The molecule has 0 saturated carbocycles. The van der Waals surface area contributed by atoms with Gasteiger partial charge in [-0.25, -0.2) is 0 Å². The van der Waals surface area contributed by atoms with Crippen LogP contribution >= 0.6 is 0 Å². The molecule has 0 fully saturated rings. The van der Waals surface area contributed by atoms with E-state index in [1.54, 1.807) is 20.8 Å². The van der Waals surface area contributed by atoms with Gasteiger partial charge in [-0.05, 0) is 19.8 Å². The number of rotatable bonds is 7. The van der Waals surface area contributed by atoms with Crippen LogP contribution in [0.1, 0.15) is 40.0 Å². The van der Waals surface area contributed by atoms with Crippen LogP contribution in [0.15, 0.2) is 0 Å². The molecule has 0 aromatic rings. The number of carboxylic acid groups (broad SMARTS) is 1. The van der Waals surface area contributed by atoms with Gasteiger partial charge in [0.15, 0.2) is 0 Å². The maximum absolute atomic E-state index is 11.5. The number of carbonyl (C=O) groups is 2. The fraction of sp³-hybridized carbons (Fsp3) is 0.818. The summed E-state index contributed by atoms with van der Waals surface area (Å²) in [6.45, 7) is 5.24. The molecule has 94 valence electrons. The lowest BCUT2D eigenvalue weighted by atomic mass is 9.79. The Morgan fingerprint density at radius 3 is 2.12 bits per heavy atom. The van der Waals surface area contributed by atoms with E-state index in [0.717, 1.165) is 0 Å². The van der Waals surface area contributed by atoms with Crippen LogP contribution in [0.2, 0.25) is 0 Å². The molecule has 5 nitrogen and oxygen atoms in total. The van der Waals surface area contributed by atoms with Crippen molar-refractivity contribution < 1.29 is 19.8 Å².